The van der Waals surface area contributed by atoms with Gasteiger partial charge in [-0.25, -0.2) is 4.79 Å². The van der Waals surface area contributed by atoms with Crippen molar-refractivity contribution in [3.05, 3.63) is 170 Å². The molecular weight excluding hydrogens is 1030 g/mol. The summed E-state index contributed by atoms with van der Waals surface area (Å²) < 4.78 is 55.7. The van der Waals surface area contributed by atoms with Crippen molar-refractivity contribution in [1.82, 2.24) is 25.1 Å². The predicted molar refractivity (Wildman–Crippen MR) is 311 cm³/mol. The van der Waals surface area contributed by atoms with Crippen molar-refractivity contribution < 1.29 is 62.4 Å². The molecule has 0 bridgehead atoms. The number of aromatic amines is 2. The van der Waals surface area contributed by atoms with Crippen molar-refractivity contribution in [2.45, 2.75) is 18.3 Å². The Balaban J connectivity index is 0.000000152. The smallest absolute Gasteiger partial charge is 0.410 e. The Hall–Kier alpha value is -8.97. The summed E-state index contributed by atoms with van der Waals surface area (Å²) in [6.07, 6.45) is -1.51. The largest absolute Gasteiger partial charge is 0.493 e. The number of aliphatic hydroxyl groups excluding tert-OH is 2. The number of hydrogen-bond donors (Lipinski definition) is 5. The maximum Gasteiger partial charge on any atom is 0.410 e. The number of H-pyrrole nitrogens is 2. The Labute approximate surface area is 470 Å². The van der Waals surface area contributed by atoms with Gasteiger partial charge in [0.25, 0.3) is 0 Å². The quantitative estimate of drug-likeness (QED) is 0.0358. The summed E-state index contributed by atoms with van der Waals surface area (Å²) in [6, 6.07) is 50.7. The van der Waals surface area contributed by atoms with E-state index in [0.717, 1.165) is 60.9 Å². The molecule has 0 saturated carbocycles. The molecule has 11 rings (SSSR count). The second-order valence-corrected chi connectivity index (χ2v) is 18.9. The molecule has 2 aliphatic rings. The summed E-state index contributed by atoms with van der Waals surface area (Å²) >= 11 is 0. The highest BCUT2D eigenvalue weighted by molar-refractivity contribution is 6.10. The molecule has 2 aromatic heterocycles. The minimum absolute atomic E-state index is 0.00286. The first-order valence-electron chi connectivity index (χ1n) is 26.8. The van der Waals surface area contributed by atoms with E-state index in [0.29, 0.717) is 93.7 Å². The number of benzene rings is 7. The Morgan fingerprint density at radius 2 is 0.988 bits per heavy atom. The highest BCUT2D eigenvalue weighted by atomic mass is 16.6. The fraction of sp³-hybridized carbons (Fsp3) is 0.286. The molecule has 0 spiro atoms. The number of aliphatic hydroxyl groups is 2. The van der Waals surface area contributed by atoms with Crippen LogP contribution in [0.5, 0.6) is 46.0 Å². The van der Waals surface area contributed by atoms with Crippen LogP contribution >= 0.6 is 0 Å². The van der Waals surface area contributed by atoms with Gasteiger partial charge in [-0.05, 0) is 67.2 Å². The van der Waals surface area contributed by atoms with Crippen LogP contribution in [0, 0.1) is 0 Å². The number of hydrogen-bond acceptors (Lipinski definition) is 15. The maximum absolute atomic E-state index is 12.3. The third-order valence-electron chi connectivity index (χ3n) is 13.5. The van der Waals surface area contributed by atoms with Crippen molar-refractivity contribution in [2.24, 2.45) is 0 Å². The third-order valence-corrected chi connectivity index (χ3v) is 13.5. The normalized spacial score (nSPS) is 15.1. The van der Waals surface area contributed by atoms with Crippen molar-refractivity contribution in [3.63, 3.8) is 0 Å². The summed E-state index contributed by atoms with van der Waals surface area (Å²) in [4.78, 5) is 22.7. The number of nitrogens with zero attached hydrogens (tertiary/aromatic N) is 2. The number of carbonyl (C=O) groups excluding carboxylic acids is 1. The fourth-order valence-electron chi connectivity index (χ4n) is 9.41. The van der Waals surface area contributed by atoms with E-state index in [9.17, 15) is 9.90 Å². The second kappa shape index (κ2) is 28.3. The first-order chi connectivity index (χ1) is 39.7. The molecule has 5 N–H and O–H groups in total. The van der Waals surface area contributed by atoms with E-state index in [1.807, 2.05) is 138 Å². The van der Waals surface area contributed by atoms with Gasteiger partial charge in [-0.15, -0.1) is 0 Å². The van der Waals surface area contributed by atoms with Crippen LogP contribution in [0.4, 0.5) is 4.79 Å². The zero-order valence-corrected chi connectivity index (χ0v) is 45.7. The molecule has 1 amide bonds. The molecule has 0 radical (unpaired) electrons. The van der Waals surface area contributed by atoms with Crippen LogP contribution in [0.1, 0.15) is 0 Å². The lowest BCUT2D eigenvalue weighted by atomic mass is 10.1. The van der Waals surface area contributed by atoms with Gasteiger partial charge in [0.15, 0.2) is 46.5 Å². The van der Waals surface area contributed by atoms with Crippen LogP contribution in [0.25, 0.3) is 43.6 Å². The molecule has 2 saturated heterocycles. The number of aromatic nitrogens is 2. The molecule has 424 valence electrons. The molecule has 2 fully saturated rings. The van der Waals surface area contributed by atoms with Gasteiger partial charge in [-0.3, -0.25) is 0 Å². The van der Waals surface area contributed by atoms with E-state index in [1.54, 1.807) is 26.2 Å². The van der Waals surface area contributed by atoms with E-state index < -0.39 is 6.10 Å². The lowest BCUT2D eigenvalue weighted by molar-refractivity contribution is 0.0971. The highest BCUT2D eigenvalue weighted by Crippen LogP contribution is 2.34. The van der Waals surface area contributed by atoms with Gasteiger partial charge in [-0.1, -0.05) is 97.1 Å². The molecule has 9 aromatic rings. The SMILES string of the molecule is C=C1OC(CO)CN1CCOc1ccccc1OC.COc1ccccc1OCCN1CC(COc2cccc3c2[nH]c2ccccc23)OC1=O.COc1ccccc1OCCNCC(O)COc1cccc2c1[nH]c1ccccc12. The van der Waals surface area contributed by atoms with Gasteiger partial charge in [0.2, 0.25) is 0 Å². The number of carbonyl (C=O) groups is 1. The minimum Gasteiger partial charge on any atom is -0.493 e. The average Bonchev–Trinajstić information content (AvgIpc) is 4.38. The maximum atomic E-state index is 12.3. The van der Waals surface area contributed by atoms with Crippen molar-refractivity contribution >= 4 is 49.7 Å². The first-order valence-corrected chi connectivity index (χ1v) is 26.8. The number of amides is 1. The Morgan fingerprint density at radius 1 is 0.543 bits per heavy atom. The molecule has 4 heterocycles. The van der Waals surface area contributed by atoms with E-state index >= 15 is 0 Å². The monoisotopic (exact) mass is 1100 g/mol. The van der Waals surface area contributed by atoms with Crippen LogP contribution in [0.3, 0.4) is 0 Å². The second-order valence-electron chi connectivity index (χ2n) is 18.9. The molecule has 18 heteroatoms. The molecular formula is C63H69N5O13. The fourth-order valence-corrected chi connectivity index (χ4v) is 9.41. The molecule has 3 atom stereocenters. The minimum atomic E-state index is -0.629. The summed E-state index contributed by atoms with van der Waals surface area (Å²) in [7, 11) is 4.83. The van der Waals surface area contributed by atoms with Gasteiger partial charge < -0.3 is 82.7 Å². The summed E-state index contributed by atoms with van der Waals surface area (Å²) in [6.45, 7) is 8.81. The molecule has 18 nitrogen and oxygen atoms in total. The molecule has 0 aliphatic carbocycles. The number of nitrogens with one attached hydrogen (secondary N) is 3. The lowest BCUT2D eigenvalue weighted by Gasteiger charge is -2.17. The molecule has 81 heavy (non-hydrogen) atoms. The van der Waals surface area contributed by atoms with Crippen LogP contribution in [0.15, 0.2) is 170 Å². The Morgan fingerprint density at radius 3 is 1.51 bits per heavy atom. The number of methoxy groups -OCH3 is 3. The van der Waals surface area contributed by atoms with Gasteiger partial charge in [0, 0.05) is 45.7 Å². The van der Waals surface area contributed by atoms with Gasteiger partial charge in [0.1, 0.15) is 56.7 Å². The number of fused-ring (bicyclic) bond motifs is 6. The standard InChI is InChI=1S/C25H24N2O5.C24H26N2O4.C14H19NO4/c1-29-21-10-4-5-11-22(21)30-14-13-27-15-17(32-25(27)28)16-31-23-12-6-8-19-18-7-2-3-9-20(18)26-24(19)23;1-28-21-10-4-5-11-22(21)29-14-13-25-15-17(27)16-30-23-12-6-8-19-18-7-2-3-9-20(18)26-24(19)23;1-11-15(9-12(10-16)19-11)7-8-18-14-6-4-3-5-13(14)17-2/h2-12,17,26H,13-16H2,1H3;2-12,17,25-27H,13-16H2,1H3;3-6,12,16H,1,7-10H2,2H3. The van der Waals surface area contributed by atoms with Crippen LogP contribution < -0.4 is 43.2 Å². The van der Waals surface area contributed by atoms with Gasteiger partial charge in [0.05, 0.1) is 65.1 Å². The lowest BCUT2D eigenvalue weighted by Crippen LogP contribution is -2.33. The summed E-state index contributed by atoms with van der Waals surface area (Å²) in [5, 5.41) is 27.0. The average molecular weight is 1100 g/mol. The highest BCUT2D eigenvalue weighted by Gasteiger charge is 2.32. The number of ether oxygens (including phenoxy) is 10. The Kier molecular flexibility index (Phi) is 19.8. The summed E-state index contributed by atoms with van der Waals surface area (Å²) in [5.74, 6) is 6.22. The number of rotatable bonds is 24. The molecule has 2 aliphatic heterocycles. The topological polar surface area (TPSA) is 200 Å². The van der Waals surface area contributed by atoms with Crippen molar-refractivity contribution in [1.29, 1.82) is 0 Å². The van der Waals surface area contributed by atoms with E-state index in [4.69, 9.17) is 52.5 Å². The van der Waals surface area contributed by atoms with Crippen molar-refractivity contribution in [2.75, 3.05) is 100 Å². The first kappa shape index (κ1) is 56.7. The zero-order chi connectivity index (χ0) is 56.3. The van der Waals surface area contributed by atoms with E-state index in [2.05, 4.69) is 46.1 Å². The Bertz CT molecular complexity index is 3480. The summed E-state index contributed by atoms with van der Waals surface area (Å²) in [5.41, 5.74) is 4.03. The van der Waals surface area contributed by atoms with Crippen LogP contribution in [0.2, 0.25) is 0 Å². The zero-order valence-electron chi connectivity index (χ0n) is 45.7. The number of cyclic esters (lactones) is 1. The van der Waals surface area contributed by atoms with E-state index in [-0.39, 0.29) is 38.1 Å². The molecule has 7 aromatic carbocycles. The molecule has 3 unspecified atom stereocenters. The van der Waals surface area contributed by atoms with Crippen LogP contribution in [-0.4, -0.2) is 155 Å². The van der Waals surface area contributed by atoms with Crippen LogP contribution in [-0.2, 0) is 9.47 Å². The number of para-hydroxylation sites is 10. The predicted octanol–water partition coefficient (Wildman–Crippen LogP) is 9.58. The van der Waals surface area contributed by atoms with Gasteiger partial charge >= 0.3 is 6.09 Å². The van der Waals surface area contributed by atoms with Gasteiger partial charge in [-0.2, -0.15) is 0 Å². The van der Waals surface area contributed by atoms with E-state index in [1.165, 1.54) is 0 Å². The third kappa shape index (κ3) is 14.6. The van der Waals surface area contributed by atoms with Crippen molar-refractivity contribution in [3.8, 4) is 46.0 Å².